The van der Waals surface area contributed by atoms with Gasteiger partial charge in [0.05, 0.1) is 12.7 Å². The highest BCUT2D eigenvalue weighted by Gasteiger charge is 2.06. The quantitative estimate of drug-likeness (QED) is 0.632. The topological polar surface area (TPSA) is 58.6 Å². The fourth-order valence-electron chi connectivity index (χ4n) is 1.64. The summed E-state index contributed by atoms with van der Waals surface area (Å²) in [6.07, 6.45) is 0.165. The third-order valence-electron chi connectivity index (χ3n) is 2.63. The van der Waals surface area contributed by atoms with Crippen molar-refractivity contribution in [1.29, 1.82) is 0 Å². The zero-order valence-electron chi connectivity index (χ0n) is 12.2. The summed E-state index contributed by atoms with van der Waals surface area (Å²) in [7, 11) is 0. The Morgan fingerprint density at radius 2 is 2.20 bits per heavy atom. The second kappa shape index (κ2) is 8.36. The second-order valence-corrected chi connectivity index (χ2v) is 4.67. The van der Waals surface area contributed by atoms with Gasteiger partial charge in [0.1, 0.15) is 6.61 Å². The lowest BCUT2D eigenvalue weighted by atomic mass is 10.0. The van der Waals surface area contributed by atoms with Gasteiger partial charge in [0.15, 0.2) is 0 Å². The molecule has 1 amide bonds. The molecule has 1 aromatic carbocycles. The molecule has 4 nitrogen and oxygen atoms in total. The van der Waals surface area contributed by atoms with E-state index < -0.39 is 0 Å². The van der Waals surface area contributed by atoms with Gasteiger partial charge in [0, 0.05) is 17.7 Å². The first-order chi connectivity index (χ1) is 9.54. The van der Waals surface area contributed by atoms with E-state index in [4.69, 9.17) is 9.84 Å². The van der Waals surface area contributed by atoms with Gasteiger partial charge in [-0.3, -0.25) is 4.79 Å². The van der Waals surface area contributed by atoms with E-state index in [1.54, 1.807) is 18.2 Å². The average molecular weight is 275 g/mol. The molecule has 20 heavy (non-hydrogen) atoms. The number of ether oxygens (including phenoxy) is 1. The van der Waals surface area contributed by atoms with Crippen molar-refractivity contribution >= 4 is 5.91 Å². The van der Waals surface area contributed by atoms with E-state index in [2.05, 4.69) is 17.2 Å². The molecule has 0 heterocycles. The minimum absolute atomic E-state index is 0.123. The summed E-state index contributed by atoms with van der Waals surface area (Å²) in [6.45, 7) is 6.62. The fraction of sp³-hybridized carbons (Fsp3) is 0.438. The van der Waals surface area contributed by atoms with Gasteiger partial charge in [0.25, 0.3) is 5.91 Å². The van der Waals surface area contributed by atoms with Gasteiger partial charge in [-0.1, -0.05) is 11.8 Å². The molecule has 0 aliphatic carbocycles. The summed E-state index contributed by atoms with van der Waals surface area (Å²) in [6, 6.07) is 5.31. The molecule has 0 fully saturated rings. The van der Waals surface area contributed by atoms with E-state index in [9.17, 15) is 4.79 Å². The molecular weight excluding hydrogens is 254 g/mol. The largest absolute Gasteiger partial charge is 0.384 e. The molecular formula is C16H21NO3. The average Bonchev–Trinajstić information content (AvgIpc) is 2.41. The van der Waals surface area contributed by atoms with E-state index >= 15 is 0 Å². The minimum Gasteiger partial charge on any atom is -0.384 e. The monoisotopic (exact) mass is 275 g/mol. The Bertz CT molecular complexity index is 512. The normalized spacial score (nSPS) is 10.1. The highest BCUT2D eigenvalue weighted by molar-refractivity contribution is 5.94. The first kappa shape index (κ1) is 16.2. The molecule has 0 atom stereocenters. The smallest absolute Gasteiger partial charge is 0.251 e. The van der Waals surface area contributed by atoms with Crippen molar-refractivity contribution in [2.24, 2.45) is 0 Å². The highest BCUT2D eigenvalue weighted by atomic mass is 16.5. The van der Waals surface area contributed by atoms with Crippen LogP contribution in [0, 0.1) is 18.8 Å². The molecule has 1 aromatic rings. The van der Waals surface area contributed by atoms with E-state index in [-0.39, 0.29) is 18.6 Å². The molecule has 0 aromatic heterocycles. The number of rotatable bonds is 5. The Morgan fingerprint density at radius 3 is 2.80 bits per heavy atom. The Hall–Kier alpha value is -1.83. The summed E-state index contributed by atoms with van der Waals surface area (Å²) in [5.74, 6) is 5.31. The van der Waals surface area contributed by atoms with Gasteiger partial charge in [-0.05, 0) is 44.5 Å². The Kier molecular flexibility index (Phi) is 6.78. The van der Waals surface area contributed by atoms with Crippen molar-refractivity contribution in [1.82, 2.24) is 5.32 Å². The number of nitrogens with one attached hydrogen (secondary N) is 1. The van der Waals surface area contributed by atoms with Crippen LogP contribution in [0.3, 0.4) is 0 Å². The van der Waals surface area contributed by atoms with Crippen LogP contribution in [-0.4, -0.2) is 36.9 Å². The lowest BCUT2D eigenvalue weighted by Gasteiger charge is -2.09. The Balaban J connectivity index is 2.59. The third-order valence-corrected chi connectivity index (χ3v) is 2.63. The SMILES string of the molecule is Cc1cc(C(=O)NCCOC(C)C)ccc1C#CCO. The van der Waals surface area contributed by atoms with Crippen molar-refractivity contribution in [3.05, 3.63) is 34.9 Å². The van der Waals surface area contributed by atoms with Crippen LogP contribution in [0.25, 0.3) is 0 Å². The van der Waals surface area contributed by atoms with Crippen LogP contribution in [0.2, 0.25) is 0 Å². The van der Waals surface area contributed by atoms with Gasteiger partial charge in [0.2, 0.25) is 0 Å². The summed E-state index contributed by atoms with van der Waals surface area (Å²) in [4.78, 5) is 11.9. The Morgan fingerprint density at radius 1 is 1.45 bits per heavy atom. The Labute approximate surface area is 120 Å². The number of aryl methyl sites for hydroxylation is 1. The lowest BCUT2D eigenvalue weighted by Crippen LogP contribution is -2.28. The van der Waals surface area contributed by atoms with Gasteiger partial charge < -0.3 is 15.2 Å². The van der Waals surface area contributed by atoms with Crippen molar-refractivity contribution in [3.8, 4) is 11.8 Å². The first-order valence-electron chi connectivity index (χ1n) is 6.64. The predicted octanol–water partition coefficient (Wildman–Crippen LogP) is 1.49. The molecule has 0 unspecified atom stereocenters. The van der Waals surface area contributed by atoms with Gasteiger partial charge in [-0.2, -0.15) is 0 Å². The van der Waals surface area contributed by atoms with Crippen molar-refractivity contribution < 1.29 is 14.6 Å². The molecule has 0 bridgehead atoms. The van der Waals surface area contributed by atoms with Gasteiger partial charge in [-0.25, -0.2) is 0 Å². The zero-order chi connectivity index (χ0) is 15.0. The molecule has 108 valence electrons. The number of hydrogen-bond acceptors (Lipinski definition) is 3. The van der Waals surface area contributed by atoms with Crippen LogP contribution in [0.15, 0.2) is 18.2 Å². The maximum Gasteiger partial charge on any atom is 0.251 e. The van der Waals surface area contributed by atoms with Crippen LogP contribution in [0.4, 0.5) is 0 Å². The predicted molar refractivity (Wildman–Crippen MR) is 78.6 cm³/mol. The fourth-order valence-corrected chi connectivity index (χ4v) is 1.64. The van der Waals surface area contributed by atoms with E-state index in [1.807, 2.05) is 20.8 Å². The molecule has 0 aliphatic heterocycles. The molecule has 0 saturated carbocycles. The number of aliphatic hydroxyl groups is 1. The molecule has 0 radical (unpaired) electrons. The number of hydrogen-bond donors (Lipinski definition) is 2. The molecule has 0 aliphatic rings. The summed E-state index contributed by atoms with van der Waals surface area (Å²) >= 11 is 0. The van der Waals surface area contributed by atoms with Crippen LogP contribution in [-0.2, 0) is 4.74 Å². The molecule has 4 heteroatoms. The lowest BCUT2D eigenvalue weighted by molar-refractivity contribution is 0.0746. The summed E-state index contributed by atoms with van der Waals surface area (Å²) in [5, 5.41) is 11.5. The summed E-state index contributed by atoms with van der Waals surface area (Å²) in [5.41, 5.74) is 2.33. The maximum atomic E-state index is 11.9. The van der Waals surface area contributed by atoms with Crippen LogP contribution in [0.1, 0.15) is 35.3 Å². The standard InChI is InChI=1S/C16H21NO3/c1-12(2)20-10-8-17-16(19)15-7-6-14(5-4-9-18)13(3)11-15/h6-7,11-12,18H,8-10H2,1-3H3,(H,17,19). The molecule has 0 spiro atoms. The number of amides is 1. The number of aliphatic hydroxyl groups excluding tert-OH is 1. The van der Waals surface area contributed by atoms with Gasteiger partial charge in [-0.15, -0.1) is 0 Å². The first-order valence-corrected chi connectivity index (χ1v) is 6.64. The highest BCUT2D eigenvalue weighted by Crippen LogP contribution is 2.10. The van der Waals surface area contributed by atoms with E-state index in [1.165, 1.54) is 0 Å². The van der Waals surface area contributed by atoms with Crippen LogP contribution in [0.5, 0.6) is 0 Å². The zero-order valence-corrected chi connectivity index (χ0v) is 12.2. The molecule has 1 rings (SSSR count). The van der Waals surface area contributed by atoms with Crippen molar-refractivity contribution in [2.45, 2.75) is 26.9 Å². The molecule has 2 N–H and O–H groups in total. The van der Waals surface area contributed by atoms with Crippen LogP contribution < -0.4 is 5.32 Å². The molecule has 0 saturated heterocycles. The van der Waals surface area contributed by atoms with E-state index in [0.717, 1.165) is 11.1 Å². The van der Waals surface area contributed by atoms with E-state index in [0.29, 0.717) is 18.7 Å². The van der Waals surface area contributed by atoms with Crippen molar-refractivity contribution in [2.75, 3.05) is 19.8 Å². The number of carbonyl (C=O) groups excluding carboxylic acids is 1. The second-order valence-electron chi connectivity index (χ2n) is 4.67. The van der Waals surface area contributed by atoms with Crippen molar-refractivity contribution in [3.63, 3.8) is 0 Å². The minimum atomic E-state index is -0.169. The maximum absolute atomic E-state index is 11.9. The van der Waals surface area contributed by atoms with Crippen LogP contribution >= 0.6 is 0 Å². The third kappa shape index (κ3) is 5.43. The van der Waals surface area contributed by atoms with Gasteiger partial charge >= 0.3 is 0 Å². The number of carbonyl (C=O) groups is 1. The summed E-state index contributed by atoms with van der Waals surface area (Å²) < 4.78 is 5.36. The number of benzene rings is 1.